The van der Waals surface area contributed by atoms with Crippen molar-refractivity contribution in [3.05, 3.63) is 61.6 Å². The number of amides is 1. The molecule has 19 heteroatoms. The number of esters is 2. The van der Waals surface area contributed by atoms with Gasteiger partial charge in [-0.3, -0.25) is 24.3 Å². The van der Waals surface area contributed by atoms with Crippen molar-refractivity contribution in [1.29, 1.82) is 0 Å². The molecule has 3 aromatic rings. The predicted molar refractivity (Wildman–Crippen MR) is 249 cm³/mol. The van der Waals surface area contributed by atoms with Crippen LogP contribution in [-0.2, 0) is 55.8 Å². The van der Waals surface area contributed by atoms with E-state index in [-0.39, 0.29) is 31.1 Å². The van der Waals surface area contributed by atoms with Crippen LogP contribution < -0.4 is 5.43 Å². The van der Waals surface area contributed by atoms with Crippen molar-refractivity contribution in [3.63, 3.8) is 0 Å². The van der Waals surface area contributed by atoms with E-state index in [4.69, 9.17) is 28.4 Å². The highest BCUT2D eigenvalue weighted by atomic mass is 16.7. The molecule has 3 aliphatic heterocycles. The number of aliphatic hydroxyl groups excluding tert-OH is 1. The summed E-state index contributed by atoms with van der Waals surface area (Å²) in [7, 11) is 3.40. The van der Waals surface area contributed by atoms with Gasteiger partial charge < -0.3 is 38.1 Å². The molecule has 1 unspecified atom stereocenters. The van der Waals surface area contributed by atoms with Crippen molar-refractivity contribution in [2.24, 2.45) is 23.7 Å². The topological polar surface area (TPSA) is 219 Å². The fourth-order valence-corrected chi connectivity index (χ4v) is 10.8. The smallest absolute Gasteiger partial charge is 0.425 e. The Morgan fingerprint density at radius 2 is 1.84 bits per heavy atom. The largest absolute Gasteiger partial charge is 0.461 e. The molecule has 0 spiro atoms. The van der Waals surface area contributed by atoms with Crippen molar-refractivity contribution >= 4 is 35.0 Å². The monoisotopic (exact) mass is 949 g/mol. The number of Topliss-reactive ketones (excluding diaryl/α,β-unsaturated/α-hetero) is 1. The number of cyclic esters (lactones) is 1. The van der Waals surface area contributed by atoms with Crippen molar-refractivity contribution in [2.75, 3.05) is 27.2 Å². The van der Waals surface area contributed by atoms with Gasteiger partial charge >= 0.3 is 18.0 Å². The SMILES string of the molecule is C=CCN(C)[C@H]1C[C@@H](C)O[C@@](C)(O[C@@H]2[C@@H](C)C(OC(=O)Cc3cccnc3)[C@@H](C)C(=O)O[C@H](CC)[C@@]3(C)OC(=O)N(NCCCn4cnc5cncnc54)[C@@H]3[C@@H](C)C(=O)[C@H](C)C[C@@]2(C)OC)[C@@H]1O. The van der Waals surface area contributed by atoms with E-state index < -0.39 is 95.2 Å². The van der Waals surface area contributed by atoms with Gasteiger partial charge in [-0.05, 0) is 79.0 Å². The van der Waals surface area contributed by atoms with Crippen LogP contribution in [0, 0.1) is 23.7 Å². The van der Waals surface area contributed by atoms with Gasteiger partial charge in [-0.2, -0.15) is 0 Å². The molecule has 68 heavy (non-hydrogen) atoms. The lowest BCUT2D eigenvalue weighted by Gasteiger charge is -2.52. The Hall–Kier alpha value is -4.92. The first-order valence-corrected chi connectivity index (χ1v) is 23.8. The Morgan fingerprint density at radius 3 is 2.51 bits per heavy atom. The van der Waals surface area contributed by atoms with Crippen LogP contribution in [0.2, 0.25) is 0 Å². The first-order valence-electron chi connectivity index (χ1n) is 23.8. The van der Waals surface area contributed by atoms with Crippen LogP contribution >= 0.6 is 0 Å². The maximum atomic E-state index is 15.1. The van der Waals surface area contributed by atoms with Crippen molar-refractivity contribution in [2.45, 2.75) is 161 Å². The fraction of sp³-hybridized carbons (Fsp3) is 0.673. The number of aliphatic hydroxyl groups is 1. The number of carbonyl (C=O) groups is 4. The summed E-state index contributed by atoms with van der Waals surface area (Å²) in [6, 6.07) is 2.11. The lowest BCUT2D eigenvalue weighted by atomic mass is 9.73. The third-order valence-electron chi connectivity index (χ3n) is 14.4. The van der Waals surface area contributed by atoms with Gasteiger partial charge in [0.2, 0.25) is 0 Å². The standard InChI is InChI=1S/C49H72N8O11/c1-13-20-55(11)36-22-30(4)66-49(10,42(36)60)67-43-32(6)40(65-38(58)23-34-17-15-18-50-25-34)33(7)45(61)64-37(14-2)48(9)41(31(5)39(59)29(3)24-47(43,8)63-12)57(46(62)68-48)54-19-16-21-56-28-53-35-26-51-27-52-44(35)56/h13,15,17-18,25-33,36-37,40-43,54,60H,1,14,16,19-24H2,2-12H3/t29-,30-,31+,32+,33-,36+,37-,40?,41-,42-,43-,47-,48-,49+/m1/s1. The first-order chi connectivity index (χ1) is 32.2. The summed E-state index contributed by atoms with van der Waals surface area (Å²) in [5.41, 5.74) is 2.30. The third-order valence-corrected chi connectivity index (χ3v) is 14.4. The number of fused-ring (bicyclic) bond motifs is 2. The number of aryl methyl sites for hydroxylation is 1. The maximum Gasteiger partial charge on any atom is 0.425 e. The number of hydrogen-bond acceptors (Lipinski definition) is 17. The number of hydrogen-bond donors (Lipinski definition) is 2. The average molecular weight is 949 g/mol. The van der Waals surface area contributed by atoms with Gasteiger partial charge in [-0.15, -0.1) is 6.58 Å². The van der Waals surface area contributed by atoms with E-state index in [2.05, 4.69) is 31.9 Å². The Balaban J connectivity index is 1.39. The quantitative estimate of drug-likeness (QED) is 0.0900. The van der Waals surface area contributed by atoms with E-state index >= 15 is 4.79 Å². The lowest BCUT2D eigenvalue weighted by Crippen LogP contribution is -2.65. The second kappa shape index (κ2) is 21.8. The Morgan fingerprint density at radius 1 is 1.09 bits per heavy atom. The van der Waals surface area contributed by atoms with Crippen molar-refractivity contribution < 1.29 is 52.7 Å². The fourth-order valence-electron chi connectivity index (χ4n) is 10.8. The number of nitrogens with one attached hydrogen (secondary N) is 1. The highest BCUT2D eigenvalue weighted by Gasteiger charge is 2.61. The summed E-state index contributed by atoms with van der Waals surface area (Å²) in [6.07, 6.45) is 5.24. The minimum Gasteiger partial charge on any atom is -0.461 e. The predicted octanol–water partition coefficient (Wildman–Crippen LogP) is 4.85. The number of likely N-dealkylation sites (N-methyl/N-ethyl adjacent to an activating group) is 1. The number of pyridine rings is 1. The number of nitrogens with zero attached hydrogens (tertiary/aromatic N) is 7. The zero-order valence-corrected chi connectivity index (χ0v) is 41.5. The molecule has 374 valence electrons. The van der Waals surface area contributed by atoms with E-state index in [1.165, 1.54) is 18.4 Å². The van der Waals surface area contributed by atoms with E-state index in [1.807, 2.05) is 30.4 Å². The molecule has 3 fully saturated rings. The van der Waals surface area contributed by atoms with Crippen LogP contribution in [0.1, 0.15) is 93.6 Å². The van der Waals surface area contributed by atoms with Crippen LogP contribution in [0.25, 0.3) is 11.2 Å². The van der Waals surface area contributed by atoms with Crippen molar-refractivity contribution in [1.82, 2.24) is 39.8 Å². The molecule has 0 aliphatic carbocycles. The van der Waals surface area contributed by atoms with Gasteiger partial charge in [0.1, 0.15) is 42.0 Å². The molecule has 6 heterocycles. The highest BCUT2D eigenvalue weighted by Crippen LogP contribution is 2.45. The average Bonchev–Trinajstić information content (AvgIpc) is 3.84. The maximum absolute atomic E-state index is 15.1. The molecule has 1 amide bonds. The molecular weight excluding hydrogens is 877 g/mol. The van der Waals surface area contributed by atoms with Gasteiger partial charge in [-0.1, -0.05) is 39.8 Å². The van der Waals surface area contributed by atoms with E-state index in [1.54, 1.807) is 91.6 Å². The van der Waals surface area contributed by atoms with Crippen LogP contribution in [-0.4, -0.2) is 150 Å². The molecule has 6 rings (SSSR count). The molecule has 3 aromatic heterocycles. The van der Waals surface area contributed by atoms with Crippen LogP contribution in [0.5, 0.6) is 0 Å². The number of aromatic nitrogens is 5. The minimum absolute atomic E-state index is 0.0731. The molecular formula is C49H72N8O11. The molecule has 19 nitrogen and oxygen atoms in total. The molecule has 0 aromatic carbocycles. The summed E-state index contributed by atoms with van der Waals surface area (Å²) in [5, 5.41) is 13.5. The molecule has 14 atom stereocenters. The Kier molecular flexibility index (Phi) is 16.8. The van der Waals surface area contributed by atoms with Gasteiger partial charge in [0.05, 0.1) is 42.7 Å². The summed E-state index contributed by atoms with van der Waals surface area (Å²) >= 11 is 0. The molecule has 0 radical (unpaired) electrons. The van der Waals surface area contributed by atoms with Gasteiger partial charge in [0.25, 0.3) is 0 Å². The van der Waals surface area contributed by atoms with Gasteiger partial charge in [-0.25, -0.2) is 30.2 Å². The summed E-state index contributed by atoms with van der Waals surface area (Å²) in [6.45, 7) is 21.0. The van der Waals surface area contributed by atoms with E-state index in [0.29, 0.717) is 49.2 Å². The molecule has 0 bridgehead atoms. The second-order valence-electron chi connectivity index (χ2n) is 19.5. The zero-order valence-electron chi connectivity index (χ0n) is 41.5. The zero-order chi connectivity index (χ0) is 49.7. The number of hydrazine groups is 1. The number of methoxy groups -OCH3 is 1. The lowest BCUT2D eigenvalue weighted by molar-refractivity contribution is -0.358. The molecule has 3 aliphatic rings. The minimum atomic E-state index is -1.65. The van der Waals surface area contributed by atoms with E-state index in [0.717, 1.165) is 0 Å². The summed E-state index contributed by atoms with van der Waals surface area (Å²) in [4.78, 5) is 76.8. The highest BCUT2D eigenvalue weighted by molar-refractivity contribution is 5.85. The van der Waals surface area contributed by atoms with E-state index in [9.17, 15) is 19.5 Å². The number of imidazole rings is 1. The first kappa shape index (κ1) is 52.5. The van der Waals surface area contributed by atoms with Crippen molar-refractivity contribution in [3.8, 4) is 0 Å². The number of rotatable bonds is 15. The molecule has 2 N–H and O–H groups in total. The number of ether oxygens (including phenoxy) is 6. The third kappa shape index (κ3) is 10.9. The van der Waals surface area contributed by atoms with Crippen LogP contribution in [0.3, 0.4) is 0 Å². The second-order valence-corrected chi connectivity index (χ2v) is 19.5. The summed E-state index contributed by atoms with van der Waals surface area (Å²) < 4.78 is 40.9. The molecule has 3 saturated heterocycles. The van der Waals surface area contributed by atoms with Crippen LogP contribution in [0.4, 0.5) is 4.79 Å². The van der Waals surface area contributed by atoms with Gasteiger partial charge in [0, 0.05) is 62.9 Å². The molecule has 0 saturated carbocycles. The van der Waals surface area contributed by atoms with Crippen LogP contribution in [0.15, 0.2) is 56.0 Å². The number of carbonyl (C=O) groups excluding carboxylic acids is 4. The summed E-state index contributed by atoms with van der Waals surface area (Å²) in [5.74, 6) is -6.81. The Bertz CT molecular complexity index is 2230. The van der Waals surface area contributed by atoms with Gasteiger partial charge in [0.15, 0.2) is 17.0 Å². The number of ketones is 1. The Labute approximate surface area is 399 Å². The normalized spacial score (nSPS) is 35.1.